The van der Waals surface area contributed by atoms with Crippen LogP contribution in [0.5, 0.6) is 0 Å². The smallest absolute Gasteiger partial charge is 0.156 e. The summed E-state index contributed by atoms with van der Waals surface area (Å²) in [5.74, 6) is 0. The molecule has 2 aliphatic heterocycles. The number of nitrogens with one attached hydrogen (secondary N) is 1. The summed E-state index contributed by atoms with van der Waals surface area (Å²) in [5, 5.41) is 0. The Bertz CT molecular complexity index is 3200. The van der Waals surface area contributed by atoms with Crippen molar-refractivity contribution in [2.24, 2.45) is 0 Å². The predicted octanol–water partition coefficient (Wildman–Crippen LogP) is 11.9. The van der Waals surface area contributed by atoms with E-state index < -0.39 is 0 Å². The summed E-state index contributed by atoms with van der Waals surface area (Å²) in [6.07, 6.45) is 8.65. The van der Waals surface area contributed by atoms with Gasteiger partial charge in [-0.25, -0.2) is 9.97 Å². The largest absolute Gasteiger partial charge is 0.355 e. The molecule has 0 unspecified atom stereocenters. The van der Waals surface area contributed by atoms with Crippen molar-refractivity contribution < 1.29 is 0 Å². The number of aromatic amines is 1. The molecular formula is C56H62N8+4. The lowest BCUT2D eigenvalue weighted by Crippen LogP contribution is -2.35. The van der Waals surface area contributed by atoms with E-state index in [1.54, 1.807) is 0 Å². The van der Waals surface area contributed by atoms with Crippen LogP contribution in [0.3, 0.4) is 0 Å². The predicted molar refractivity (Wildman–Crippen MR) is 278 cm³/mol. The zero-order valence-electron chi connectivity index (χ0n) is 39.6. The minimum Gasteiger partial charge on any atom is -0.355 e. The van der Waals surface area contributed by atoms with Crippen molar-refractivity contribution in [3.63, 3.8) is 0 Å². The molecule has 0 spiro atoms. The molecule has 0 saturated carbocycles. The maximum atomic E-state index is 5.59. The van der Waals surface area contributed by atoms with Gasteiger partial charge in [0, 0.05) is 50.5 Å². The summed E-state index contributed by atoms with van der Waals surface area (Å²) in [6.45, 7) is 0. The molecule has 0 amide bonds. The van der Waals surface area contributed by atoms with Crippen molar-refractivity contribution in [3.05, 3.63) is 150 Å². The topological polar surface area (TPSA) is 46.5 Å². The second-order valence-electron chi connectivity index (χ2n) is 20.6. The molecule has 322 valence electrons. The number of quaternary nitrogens is 4. The molecule has 7 aromatic rings. The maximum Gasteiger partial charge on any atom is 0.156 e. The third-order valence-corrected chi connectivity index (χ3v) is 12.2. The van der Waals surface area contributed by atoms with Crippen molar-refractivity contribution in [2.45, 2.75) is 0 Å². The van der Waals surface area contributed by atoms with E-state index in [1.807, 2.05) is 0 Å². The zero-order chi connectivity index (χ0) is 45.3. The fourth-order valence-electron chi connectivity index (χ4n) is 9.38. The Morgan fingerprint density at radius 3 is 1.31 bits per heavy atom. The number of rotatable bonds is 8. The summed E-state index contributed by atoms with van der Waals surface area (Å²) < 4.78 is 5.01. The van der Waals surface area contributed by atoms with E-state index in [4.69, 9.17) is 9.97 Å². The van der Waals surface area contributed by atoms with Gasteiger partial charge in [0.15, 0.2) is 5.69 Å². The van der Waals surface area contributed by atoms with Crippen LogP contribution in [0, 0.1) is 0 Å². The number of para-hydroxylation sites is 5. The highest BCUT2D eigenvalue weighted by molar-refractivity contribution is 6.14. The average molecular weight is 847 g/mol. The van der Waals surface area contributed by atoms with E-state index in [2.05, 4.69) is 246 Å². The summed E-state index contributed by atoms with van der Waals surface area (Å²) in [6, 6.07) is 46.6. The minimum absolute atomic E-state index is 0.603. The van der Waals surface area contributed by atoms with E-state index in [0.29, 0.717) is 17.9 Å². The van der Waals surface area contributed by atoms with Crippen LogP contribution >= 0.6 is 0 Å². The molecule has 0 aliphatic carbocycles. The van der Waals surface area contributed by atoms with Crippen LogP contribution in [0.2, 0.25) is 0 Å². The number of hydrogen-bond acceptors (Lipinski definition) is 2. The van der Waals surface area contributed by atoms with Crippen molar-refractivity contribution in [1.82, 2.24) is 37.5 Å². The van der Waals surface area contributed by atoms with Crippen molar-refractivity contribution in [2.75, 3.05) is 84.6 Å². The Balaban J connectivity index is 1.72. The lowest BCUT2D eigenvalue weighted by atomic mass is 9.90. The fourth-order valence-corrected chi connectivity index (χ4v) is 9.38. The van der Waals surface area contributed by atoms with E-state index in [9.17, 15) is 0 Å². The van der Waals surface area contributed by atoms with Gasteiger partial charge in [0.05, 0.1) is 118 Å². The molecule has 5 heterocycles. The second-order valence-corrected chi connectivity index (χ2v) is 20.6. The molecule has 8 nitrogen and oxygen atoms in total. The number of hydrogen-bond donors (Lipinski definition) is 1. The Morgan fingerprint density at radius 1 is 0.391 bits per heavy atom. The number of nitrogens with zero attached hydrogens (tertiary/aromatic N) is 7. The molecule has 8 heteroatoms. The van der Waals surface area contributed by atoms with Gasteiger partial charge in [0.2, 0.25) is 0 Å². The lowest BCUT2D eigenvalue weighted by Gasteiger charge is -2.29. The van der Waals surface area contributed by atoms with Crippen LogP contribution in [-0.4, -0.2) is 104 Å². The standard InChI is InChI=1S/C56H62N8/c1-61(2,3)49-25-17-13-21-43(49)53-46-34-33-41(59-46)36-40-30-29-38(57-40)35-39-31-32-42(58-39)37-48-54(44-22-14-18-26-50(44)62(4,5)6)55(45-23-15-19-27-51(45)63(7,8)9)56(53)60(48)47-24-16-20-28-52(47)64(10,11)12/h13-37,57H,1-12H3/q+4. The van der Waals surface area contributed by atoms with Gasteiger partial charge in [-0.05, 0) is 97.1 Å². The number of aromatic nitrogens is 4. The first-order valence-corrected chi connectivity index (χ1v) is 22.1. The van der Waals surface area contributed by atoms with Gasteiger partial charge < -0.3 is 9.55 Å². The normalized spacial score (nSPS) is 13.2. The molecule has 0 saturated heterocycles. The average Bonchev–Trinajstić information content (AvgIpc) is 4.05. The Morgan fingerprint density at radius 2 is 0.797 bits per heavy atom. The van der Waals surface area contributed by atoms with Gasteiger partial charge in [-0.3, -0.25) is 17.9 Å². The van der Waals surface area contributed by atoms with Crippen LogP contribution in [-0.2, 0) is 0 Å². The highest BCUT2D eigenvalue weighted by Gasteiger charge is 2.35. The van der Waals surface area contributed by atoms with Gasteiger partial charge in [-0.1, -0.05) is 48.5 Å². The first-order chi connectivity index (χ1) is 30.3. The van der Waals surface area contributed by atoms with Gasteiger partial charge in [-0.15, -0.1) is 0 Å². The molecule has 0 atom stereocenters. The summed E-state index contributed by atoms with van der Waals surface area (Å²) in [7, 11) is 27.1. The fraction of sp³-hybridized carbons (Fsp3) is 0.214. The molecule has 1 N–H and O–H groups in total. The summed E-state index contributed by atoms with van der Waals surface area (Å²) >= 11 is 0. The SMILES string of the molecule is C[N+](C)(C)c1ccccc1-c1c(-c2ccccc2[N+](C)(C)C)c2c(-c3ccccc3[N+](C)(C)C)c3nc(cc4ccc(cc5nc(cc1n2-c1ccccc1[N+](C)(C)C)C=C5)[nH]4)C=C3. The van der Waals surface area contributed by atoms with E-state index in [0.717, 1.165) is 83.9 Å². The minimum atomic E-state index is 0.603. The van der Waals surface area contributed by atoms with Crippen molar-refractivity contribution in [1.29, 1.82) is 0 Å². The number of benzene rings is 4. The first-order valence-electron chi connectivity index (χ1n) is 22.1. The molecule has 8 bridgehead atoms. The molecule has 64 heavy (non-hydrogen) atoms. The van der Waals surface area contributed by atoms with Gasteiger partial charge in [0.25, 0.3) is 0 Å². The summed E-state index contributed by atoms with van der Waals surface area (Å²) in [4.78, 5) is 14.5. The Labute approximate surface area is 379 Å². The van der Waals surface area contributed by atoms with E-state index in [1.165, 1.54) is 22.7 Å². The number of H-pyrrole nitrogens is 1. The molecule has 9 rings (SSSR count). The molecule has 2 aliphatic rings. The van der Waals surface area contributed by atoms with Crippen LogP contribution in [0.25, 0.3) is 85.4 Å². The van der Waals surface area contributed by atoms with Crippen LogP contribution in [0.4, 0.5) is 22.7 Å². The summed E-state index contributed by atoms with van der Waals surface area (Å²) in [5.41, 5.74) is 20.3. The van der Waals surface area contributed by atoms with Crippen LogP contribution in [0.1, 0.15) is 22.8 Å². The molecule has 3 aromatic heterocycles. The van der Waals surface area contributed by atoms with Gasteiger partial charge in [-0.2, -0.15) is 0 Å². The second kappa shape index (κ2) is 15.5. The monoisotopic (exact) mass is 847 g/mol. The first kappa shape index (κ1) is 42.6. The Kier molecular flexibility index (Phi) is 10.3. The lowest BCUT2D eigenvalue weighted by molar-refractivity contribution is 0.485. The zero-order valence-corrected chi connectivity index (χ0v) is 39.6. The third-order valence-electron chi connectivity index (χ3n) is 12.2. The highest BCUT2D eigenvalue weighted by Crippen LogP contribution is 2.53. The molecule has 4 aromatic carbocycles. The highest BCUT2D eigenvalue weighted by atomic mass is 15.3. The van der Waals surface area contributed by atoms with Crippen molar-refractivity contribution in [3.8, 4) is 39.1 Å². The third kappa shape index (κ3) is 7.84. The Hall–Kier alpha value is -6.68. The van der Waals surface area contributed by atoms with Gasteiger partial charge >= 0.3 is 0 Å². The number of fused-ring (bicyclic) bond motifs is 8. The molecule has 0 radical (unpaired) electrons. The van der Waals surface area contributed by atoms with Crippen LogP contribution in [0.15, 0.2) is 127 Å². The maximum absolute atomic E-state index is 5.59. The molecular weight excluding hydrogens is 785 g/mol. The molecule has 0 fully saturated rings. The quantitative estimate of drug-likeness (QED) is 0.155. The van der Waals surface area contributed by atoms with Crippen molar-refractivity contribution >= 4 is 69.1 Å². The van der Waals surface area contributed by atoms with E-state index in [-0.39, 0.29) is 0 Å². The van der Waals surface area contributed by atoms with Crippen LogP contribution < -0.4 is 17.9 Å². The van der Waals surface area contributed by atoms with Gasteiger partial charge in [0.1, 0.15) is 22.7 Å². The van der Waals surface area contributed by atoms with E-state index >= 15 is 0 Å².